The second kappa shape index (κ2) is 9.94. The van der Waals surface area contributed by atoms with Crippen LogP contribution in [0.15, 0.2) is 83.8 Å². The van der Waals surface area contributed by atoms with Gasteiger partial charge in [0.05, 0.1) is 0 Å². The minimum absolute atomic E-state index is 0.0278. The molecule has 29 heavy (non-hydrogen) atoms. The molecule has 0 saturated heterocycles. The van der Waals surface area contributed by atoms with Crippen LogP contribution in [0.4, 0.5) is 0 Å². The molecule has 0 fully saturated rings. The van der Waals surface area contributed by atoms with Gasteiger partial charge >= 0.3 is 0 Å². The van der Waals surface area contributed by atoms with Crippen LogP contribution >= 0.6 is 11.8 Å². The molecule has 0 aliphatic heterocycles. The fourth-order valence-electron chi connectivity index (χ4n) is 2.91. The monoisotopic (exact) mass is 404 g/mol. The maximum absolute atomic E-state index is 12.7. The van der Waals surface area contributed by atoms with E-state index in [0.29, 0.717) is 17.7 Å². The third kappa shape index (κ3) is 5.72. The number of carbonyl (C=O) groups excluding carboxylic acids is 2. The summed E-state index contributed by atoms with van der Waals surface area (Å²) in [4.78, 5) is 27.2. The number of nitrogens with one attached hydrogen (secondary N) is 1. The zero-order chi connectivity index (χ0) is 20.6. The lowest BCUT2D eigenvalue weighted by atomic mass is 10.1. The summed E-state index contributed by atoms with van der Waals surface area (Å²) < 4.78 is 0. The first-order valence-electron chi connectivity index (χ1n) is 9.40. The van der Waals surface area contributed by atoms with Gasteiger partial charge in [0.2, 0.25) is 0 Å². The van der Waals surface area contributed by atoms with E-state index in [2.05, 4.69) is 17.4 Å². The molecule has 2 amide bonds. The van der Waals surface area contributed by atoms with Gasteiger partial charge in [0.25, 0.3) is 11.8 Å². The first-order chi connectivity index (χ1) is 14.1. The second-order valence-corrected chi connectivity index (χ2v) is 7.78. The summed E-state index contributed by atoms with van der Waals surface area (Å²) in [6.45, 7) is 0.483. The summed E-state index contributed by atoms with van der Waals surface area (Å²) in [6, 6.07) is 25.3. The van der Waals surface area contributed by atoms with Gasteiger partial charge in [-0.3, -0.25) is 9.59 Å². The molecule has 0 aliphatic rings. The quantitative estimate of drug-likeness (QED) is 0.585. The van der Waals surface area contributed by atoms with Crippen molar-refractivity contribution in [2.45, 2.75) is 17.2 Å². The van der Waals surface area contributed by atoms with Crippen LogP contribution in [0.1, 0.15) is 31.8 Å². The Kier molecular flexibility index (Phi) is 7.09. The number of nitrogens with zero attached hydrogens (tertiary/aromatic N) is 1. The summed E-state index contributed by atoms with van der Waals surface area (Å²) in [7, 11) is 3.39. The standard InChI is InChI=1S/C24H24N2O2S/c1-25-23(27)20-10-8-18(9-11-20)16-26(2)24(28)21-12-14-22(15-13-21)29-17-19-6-4-3-5-7-19/h3-15H,16-17H2,1-2H3,(H,25,27). The lowest BCUT2D eigenvalue weighted by Gasteiger charge is -2.18. The molecule has 3 rings (SSSR count). The molecule has 0 atom stereocenters. The summed E-state index contributed by atoms with van der Waals surface area (Å²) in [5.74, 6) is 0.756. The minimum Gasteiger partial charge on any atom is -0.355 e. The summed E-state index contributed by atoms with van der Waals surface area (Å²) in [5.41, 5.74) is 3.52. The van der Waals surface area contributed by atoms with Gasteiger partial charge in [-0.25, -0.2) is 0 Å². The van der Waals surface area contributed by atoms with Crippen molar-refractivity contribution in [3.05, 3.63) is 101 Å². The number of thioether (sulfide) groups is 1. The van der Waals surface area contributed by atoms with Crippen molar-refractivity contribution in [3.8, 4) is 0 Å². The Labute approximate surface area is 175 Å². The molecule has 0 saturated carbocycles. The van der Waals surface area contributed by atoms with E-state index in [0.717, 1.165) is 16.2 Å². The highest BCUT2D eigenvalue weighted by molar-refractivity contribution is 7.98. The largest absolute Gasteiger partial charge is 0.355 e. The van der Waals surface area contributed by atoms with E-state index < -0.39 is 0 Å². The topological polar surface area (TPSA) is 49.4 Å². The average Bonchev–Trinajstić information content (AvgIpc) is 2.78. The molecule has 4 nitrogen and oxygen atoms in total. The summed E-state index contributed by atoms with van der Waals surface area (Å²) in [5, 5.41) is 2.60. The van der Waals surface area contributed by atoms with Crippen molar-refractivity contribution in [2.75, 3.05) is 14.1 Å². The van der Waals surface area contributed by atoms with E-state index in [9.17, 15) is 9.59 Å². The fraction of sp³-hybridized carbons (Fsp3) is 0.167. The first-order valence-corrected chi connectivity index (χ1v) is 10.4. The molecule has 5 heteroatoms. The highest BCUT2D eigenvalue weighted by atomic mass is 32.2. The molecule has 0 radical (unpaired) electrons. The third-order valence-electron chi connectivity index (χ3n) is 4.56. The smallest absolute Gasteiger partial charge is 0.253 e. The van der Waals surface area contributed by atoms with E-state index in [1.54, 1.807) is 42.9 Å². The molecule has 1 N–H and O–H groups in total. The lowest BCUT2D eigenvalue weighted by molar-refractivity contribution is 0.0784. The van der Waals surface area contributed by atoms with Crippen molar-refractivity contribution >= 4 is 23.6 Å². The number of benzene rings is 3. The normalized spacial score (nSPS) is 10.4. The van der Waals surface area contributed by atoms with Gasteiger partial charge in [-0.15, -0.1) is 11.8 Å². The van der Waals surface area contributed by atoms with Crippen molar-refractivity contribution in [2.24, 2.45) is 0 Å². The van der Waals surface area contributed by atoms with Gasteiger partial charge in [0.1, 0.15) is 0 Å². The van der Waals surface area contributed by atoms with Crippen LogP contribution in [0.5, 0.6) is 0 Å². The van der Waals surface area contributed by atoms with Crippen molar-refractivity contribution in [1.82, 2.24) is 10.2 Å². The number of amides is 2. The second-order valence-electron chi connectivity index (χ2n) is 6.74. The number of rotatable bonds is 7. The molecule has 0 aromatic heterocycles. The Hall–Kier alpha value is -3.05. The van der Waals surface area contributed by atoms with Gasteiger partial charge in [-0.1, -0.05) is 42.5 Å². The van der Waals surface area contributed by atoms with E-state index >= 15 is 0 Å². The minimum atomic E-state index is -0.119. The highest BCUT2D eigenvalue weighted by Gasteiger charge is 2.12. The zero-order valence-corrected chi connectivity index (χ0v) is 17.4. The fourth-order valence-corrected chi connectivity index (χ4v) is 3.76. The lowest BCUT2D eigenvalue weighted by Crippen LogP contribution is -2.26. The van der Waals surface area contributed by atoms with Crippen LogP contribution in [0.2, 0.25) is 0 Å². The predicted molar refractivity (Wildman–Crippen MR) is 118 cm³/mol. The zero-order valence-electron chi connectivity index (χ0n) is 16.6. The van der Waals surface area contributed by atoms with E-state index in [-0.39, 0.29) is 11.8 Å². The number of carbonyl (C=O) groups is 2. The molecule has 0 spiro atoms. The van der Waals surface area contributed by atoms with Crippen LogP contribution in [-0.2, 0) is 12.3 Å². The van der Waals surface area contributed by atoms with Crippen molar-refractivity contribution in [1.29, 1.82) is 0 Å². The van der Waals surface area contributed by atoms with E-state index in [1.807, 2.05) is 54.6 Å². The molecule has 0 unspecified atom stereocenters. The van der Waals surface area contributed by atoms with Crippen LogP contribution < -0.4 is 5.32 Å². The number of hydrogen-bond donors (Lipinski definition) is 1. The molecular weight excluding hydrogens is 380 g/mol. The maximum atomic E-state index is 12.7. The Morgan fingerprint density at radius 3 is 2.07 bits per heavy atom. The highest BCUT2D eigenvalue weighted by Crippen LogP contribution is 2.23. The van der Waals surface area contributed by atoms with Gasteiger partial charge in [-0.2, -0.15) is 0 Å². The van der Waals surface area contributed by atoms with Crippen LogP contribution in [0, 0.1) is 0 Å². The Balaban J connectivity index is 1.57. The van der Waals surface area contributed by atoms with Crippen molar-refractivity contribution < 1.29 is 9.59 Å². The molecule has 0 aliphatic carbocycles. The molecule has 3 aromatic rings. The van der Waals surface area contributed by atoms with Crippen LogP contribution in [0.3, 0.4) is 0 Å². The summed E-state index contributed by atoms with van der Waals surface area (Å²) >= 11 is 1.75. The number of hydrogen-bond acceptors (Lipinski definition) is 3. The van der Waals surface area contributed by atoms with Gasteiger partial charge in [0, 0.05) is 42.4 Å². The third-order valence-corrected chi connectivity index (χ3v) is 5.64. The van der Waals surface area contributed by atoms with Crippen molar-refractivity contribution in [3.63, 3.8) is 0 Å². The Morgan fingerprint density at radius 2 is 1.45 bits per heavy atom. The molecular formula is C24H24N2O2S. The molecule has 0 bridgehead atoms. The predicted octanol–water partition coefficient (Wildman–Crippen LogP) is 4.61. The van der Waals surface area contributed by atoms with E-state index in [1.165, 1.54) is 5.56 Å². The van der Waals surface area contributed by atoms with Crippen LogP contribution in [0.25, 0.3) is 0 Å². The van der Waals surface area contributed by atoms with E-state index in [4.69, 9.17) is 0 Å². The van der Waals surface area contributed by atoms with Gasteiger partial charge in [0.15, 0.2) is 0 Å². The van der Waals surface area contributed by atoms with Gasteiger partial charge in [-0.05, 0) is 47.5 Å². The summed E-state index contributed by atoms with van der Waals surface area (Å²) in [6.07, 6.45) is 0. The molecule has 3 aromatic carbocycles. The maximum Gasteiger partial charge on any atom is 0.253 e. The van der Waals surface area contributed by atoms with Gasteiger partial charge < -0.3 is 10.2 Å². The first kappa shape index (κ1) is 20.7. The SMILES string of the molecule is CNC(=O)c1ccc(CN(C)C(=O)c2ccc(SCc3ccccc3)cc2)cc1. The average molecular weight is 405 g/mol. The Bertz CT molecular complexity index is 954. The van der Waals surface area contributed by atoms with Crippen LogP contribution in [-0.4, -0.2) is 30.8 Å². The Morgan fingerprint density at radius 1 is 0.828 bits per heavy atom. The molecule has 0 heterocycles. The molecule has 148 valence electrons.